The Labute approximate surface area is 112 Å². The first kappa shape index (κ1) is 16.6. The van der Waals surface area contributed by atoms with Gasteiger partial charge in [-0.25, -0.2) is 8.78 Å². The summed E-state index contributed by atoms with van der Waals surface area (Å²) in [5.41, 5.74) is 4.78. The molecule has 3 N–H and O–H groups in total. The lowest BCUT2D eigenvalue weighted by atomic mass is 10.1. The van der Waals surface area contributed by atoms with E-state index in [0.717, 1.165) is 23.1 Å². The molecule has 0 aliphatic rings. The number of nitrogens with zero attached hydrogens (tertiary/aromatic N) is 1. The van der Waals surface area contributed by atoms with Crippen molar-refractivity contribution in [1.82, 2.24) is 0 Å². The minimum atomic E-state index is -4.52. The van der Waals surface area contributed by atoms with Crippen molar-refractivity contribution >= 4 is 5.69 Å². The van der Waals surface area contributed by atoms with Crippen LogP contribution in [-0.4, -0.2) is 31.2 Å². The highest BCUT2D eigenvalue weighted by molar-refractivity contribution is 5.55. The Bertz CT molecular complexity index is 436. The molecule has 0 saturated carbocycles. The van der Waals surface area contributed by atoms with Gasteiger partial charge in [-0.1, -0.05) is 0 Å². The molecule has 3 nitrogen and oxygen atoms in total. The molecule has 0 fully saturated rings. The summed E-state index contributed by atoms with van der Waals surface area (Å²) < 4.78 is 62.7. The van der Waals surface area contributed by atoms with Gasteiger partial charge >= 0.3 is 6.18 Å². The third-order valence-corrected chi connectivity index (χ3v) is 2.70. The minimum Gasteiger partial charge on any atom is -0.395 e. The number of hydrogen-bond donors (Lipinski definition) is 2. The van der Waals surface area contributed by atoms with E-state index in [0.29, 0.717) is 0 Å². The number of benzene rings is 1. The van der Waals surface area contributed by atoms with E-state index in [4.69, 9.17) is 10.8 Å². The molecule has 1 aromatic carbocycles. The highest BCUT2D eigenvalue weighted by Gasteiger charge is 2.31. The molecule has 0 bridgehead atoms. The second-order valence-electron chi connectivity index (χ2n) is 4.11. The van der Waals surface area contributed by atoms with Crippen molar-refractivity contribution in [3.05, 3.63) is 29.3 Å². The normalized spacial score (nSPS) is 12.0. The molecule has 0 amide bonds. The van der Waals surface area contributed by atoms with Gasteiger partial charge < -0.3 is 15.7 Å². The van der Waals surface area contributed by atoms with Gasteiger partial charge in [0.25, 0.3) is 6.43 Å². The summed E-state index contributed by atoms with van der Waals surface area (Å²) in [5, 5.41) is 8.86. The first-order valence-corrected chi connectivity index (χ1v) is 5.83. The summed E-state index contributed by atoms with van der Waals surface area (Å²) in [6.45, 7) is -1.40. The fraction of sp³-hybridized carbons (Fsp3) is 0.500. The molecule has 0 spiro atoms. The van der Waals surface area contributed by atoms with Gasteiger partial charge in [-0.2, -0.15) is 13.2 Å². The van der Waals surface area contributed by atoms with E-state index < -0.39 is 31.3 Å². The predicted molar refractivity (Wildman–Crippen MR) is 64.6 cm³/mol. The van der Waals surface area contributed by atoms with Gasteiger partial charge in [-0.3, -0.25) is 0 Å². The van der Waals surface area contributed by atoms with Gasteiger partial charge in [0, 0.05) is 18.8 Å². The quantitative estimate of drug-likeness (QED) is 0.792. The Morgan fingerprint density at radius 3 is 2.35 bits per heavy atom. The highest BCUT2D eigenvalue weighted by Crippen LogP contribution is 2.33. The second kappa shape index (κ2) is 6.85. The van der Waals surface area contributed by atoms with Crippen LogP contribution < -0.4 is 10.6 Å². The topological polar surface area (TPSA) is 49.5 Å². The van der Waals surface area contributed by atoms with Gasteiger partial charge in [-0.15, -0.1) is 0 Å². The van der Waals surface area contributed by atoms with E-state index in [1.807, 2.05) is 0 Å². The number of hydrogen-bond acceptors (Lipinski definition) is 3. The Hall–Kier alpha value is -1.41. The molecule has 0 radical (unpaired) electrons. The van der Waals surface area contributed by atoms with Gasteiger partial charge in [0.1, 0.15) is 0 Å². The van der Waals surface area contributed by atoms with Crippen LogP contribution in [0.5, 0.6) is 0 Å². The average molecular weight is 298 g/mol. The highest BCUT2D eigenvalue weighted by atomic mass is 19.4. The zero-order valence-electron chi connectivity index (χ0n) is 10.5. The molecule has 1 aromatic rings. The lowest BCUT2D eigenvalue weighted by molar-refractivity contribution is -0.137. The Kier molecular flexibility index (Phi) is 5.70. The smallest absolute Gasteiger partial charge is 0.395 e. The molecule has 0 saturated heterocycles. The monoisotopic (exact) mass is 298 g/mol. The molecule has 0 aromatic heterocycles. The predicted octanol–water partition coefficient (Wildman–Crippen LogP) is 2.23. The zero-order valence-corrected chi connectivity index (χ0v) is 10.5. The number of halogens is 5. The second-order valence-corrected chi connectivity index (χ2v) is 4.11. The SMILES string of the molecule is NCc1cc(C(F)(F)F)ccc1N(CCO)CC(F)F. The van der Waals surface area contributed by atoms with E-state index in [-0.39, 0.29) is 24.3 Å². The third kappa shape index (κ3) is 4.31. The van der Waals surface area contributed by atoms with E-state index in [1.165, 1.54) is 0 Å². The number of nitrogens with two attached hydrogens (primary N) is 1. The van der Waals surface area contributed by atoms with Crippen molar-refractivity contribution in [2.75, 3.05) is 24.6 Å². The standard InChI is InChI=1S/C12H15F5N2O/c13-11(14)7-19(3-4-20)10-2-1-9(12(15,16)17)5-8(10)6-18/h1-2,5,11,20H,3-4,6-7,18H2. The summed E-state index contributed by atoms with van der Waals surface area (Å²) in [5.74, 6) is 0. The first-order valence-electron chi connectivity index (χ1n) is 5.83. The molecule has 0 aliphatic carbocycles. The fourth-order valence-corrected chi connectivity index (χ4v) is 1.83. The van der Waals surface area contributed by atoms with E-state index in [9.17, 15) is 22.0 Å². The van der Waals surface area contributed by atoms with Crippen molar-refractivity contribution in [3.8, 4) is 0 Å². The zero-order chi connectivity index (χ0) is 15.3. The lowest BCUT2D eigenvalue weighted by Crippen LogP contribution is -2.32. The van der Waals surface area contributed by atoms with Crippen LogP contribution in [0.2, 0.25) is 0 Å². The fourth-order valence-electron chi connectivity index (χ4n) is 1.83. The van der Waals surface area contributed by atoms with Crippen molar-refractivity contribution < 1.29 is 27.1 Å². The van der Waals surface area contributed by atoms with Crippen LogP contribution in [-0.2, 0) is 12.7 Å². The van der Waals surface area contributed by atoms with Crippen LogP contribution in [0.1, 0.15) is 11.1 Å². The van der Waals surface area contributed by atoms with E-state index in [2.05, 4.69) is 0 Å². The Morgan fingerprint density at radius 2 is 1.90 bits per heavy atom. The molecule has 0 aliphatic heterocycles. The number of alkyl halides is 5. The van der Waals surface area contributed by atoms with Crippen molar-refractivity contribution in [2.45, 2.75) is 19.1 Å². The van der Waals surface area contributed by atoms with Crippen LogP contribution >= 0.6 is 0 Å². The Morgan fingerprint density at radius 1 is 1.25 bits per heavy atom. The summed E-state index contributed by atoms with van der Waals surface area (Å²) in [6, 6.07) is 2.75. The van der Waals surface area contributed by atoms with Crippen LogP contribution in [0, 0.1) is 0 Å². The largest absolute Gasteiger partial charge is 0.416 e. The molecule has 0 heterocycles. The Balaban J connectivity index is 3.15. The molecular weight excluding hydrogens is 283 g/mol. The first-order chi connectivity index (χ1) is 9.29. The molecule has 8 heteroatoms. The summed E-state index contributed by atoms with van der Waals surface area (Å²) >= 11 is 0. The van der Waals surface area contributed by atoms with E-state index in [1.54, 1.807) is 0 Å². The maximum Gasteiger partial charge on any atom is 0.416 e. The van der Waals surface area contributed by atoms with Gasteiger partial charge in [0.05, 0.1) is 18.7 Å². The van der Waals surface area contributed by atoms with Crippen molar-refractivity contribution in [1.29, 1.82) is 0 Å². The lowest BCUT2D eigenvalue weighted by Gasteiger charge is -2.26. The molecule has 0 unspecified atom stereocenters. The average Bonchev–Trinajstić information content (AvgIpc) is 2.36. The number of anilines is 1. The minimum absolute atomic E-state index is 0.105. The van der Waals surface area contributed by atoms with Gasteiger partial charge in [-0.05, 0) is 23.8 Å². The molecule has 0 atom stereocenters. The van der Waals surface area contributed by atoms with Crippen molar-refractivity contribution in [2.24, 2.45) is 5.73 Å². The van der Waals surface area contributed by atoms with Crippen LogP contribution in [0.3, 0.4) is 0 Å². The molecular formula is C12H15F5N2O. The van der Waals surface area contributed by atoms with Crippen molar-refractivity contribution in [3.63, 3.8) is 0 Å². The van der Waals surface area contributed by atoms with Crippen LogP contribution in [0.15, 0.2) is 18.2 Å². The molecule has 114 valence electrons. The van der Waals surface area contributed by atoms with E-state index >= 15 is 0 Å². The van der Waals surface area contributed by atoms with Gasteiger partial charge in [0.15, 0.2) is 0 Å². The number of aliphatic hydroxyl groups excluding tert-OH is 1. The third-order valence-electron chi connectivity index (χ3n) is 2.70. The summed E-state index contributed by atoms with van der Waals surface area (Å²) in [7, 11) is 0. The number of rotatable bonds is 6. The van der Waals surface area contributed by atoms with Crippen LogP contribution in [0.25, 0.3) is 0 Å². The van der Waals surface area contributed by atoms with Gasteiger partial charge in [0.2, 0.25) is 0 Å². The maximum absolute atomic E-state index is 12.6. The van der Waals surface area contributed by atoms with Crippen LogP contribution in [0.4, 0.5) is 27.6 Å². The maximum atomic E-state index is 12.6. The number of aliphatic hydroxyl groups is 1. The summed E-state index contributed by atoms with van der Waals surface area (Å²) in [4.78, 5) is 1.12. The summed E-state index contributed by atoms with van der Waals surface area (Å²) in [6.07, 6.45) is -7.19. The molecule has 20 heavy (non-hydrogen) atoms. The molecule has 1 rings (SSSR count).